The standard InChI is InChI=1S/C16H17NO6/c1-21-15-6-4-11(8-17-15)13(19)9-23-14-7-10(16(20)22-2)3-5-12(14)18/h3-8,13,18-19H,9H2,1-2H3. The van der Waals surface area contributed by atoms with Crippen molar-refractivity contribution in [3.05, 3.63) is 47.7 Å². The highest BCUT2D eigenvalue weighted by atomic mass is 16.5. The summed E-state index contributed by atoms with van der Waals surface area (Å²) in [5.74, 6) is -0.175. The van der Waals surface area contributed by atoms with Gasteiger partial charge in [-0.1, -0.05) is 0 Å². The van der Waals surface area contributed by atoms with Crippen LogP contribution < -0.4 is 9.47 Å². The molecule has 122 valence electrons. The summed E-state index contributed by atoms with van der Waals surface area (Å²) in [6.45, 7) is -0.119. The van der Waals surface area contributed by atoms with E-state index in [1.54, 1.807) is 12.1 Å². The lowest BCUT2D eigenvalue weighted by molar-refractivity contribution is 0.0600. The number of phenols is 1. The van der Waals surface area contributed by atoms with Gasteiger partial charge in [0.15, 0.2) is 11.5 Å². The lowest BCUT2D eigenvalue weighted by atomic mass is 10.1. The lowest BCUT2D eigenvalue weighted by Gasteiger charge is -2.14. The molecule has 0 aliphatic heterocycles. The molecule has 1 unspecified atom stereocenters. The molecule has 0 saturated carbocycles. The van der Waals surface area contributed by atoms with Gasteiger partial charge in [-0.3, -0.25) is 0 Å². The molecule has 1 heterocycles. The van der Waals surface area contributed by atoms with Crippen molar-refractivity contribution in [3.8, 4) is 17.4 Å². The number of pyridine rings is 1. The molecular formula is C16H17NO6. The van der Waals surface area contributed by atoms with E-state index >= 15 is 0 Å². The zero-order chi connectivity index (χ0) is 16.8. The summed E-state index contributed by atoms with van der Waals surface area (Å²) < 4.78 is 14.9. The maximum absolute atomic E-state index is 11.5. The Bertz CT molecular complexity index is 671. The Balaban J connectivity index is 2.05. The van der Waals surface area contributed by atoms with E-state index in [4.69, 9.17) is 9.47 Å². The van der Waals surface area contributed by atoms with Crippen molar-refractivity contribution in [2.45, 2.75) is 6.10 Å². The number of benzene rings is 1. The minimum absolute atomic E-state index is 0.0772. The minimum Gasteiger partial charge on any atom is -0.504 e. The first-order chi connectivity index (χ1) is 11.0. The summed E-state index contributed by atoms with van der Waals surface area (Å²) in [5, 5.41) is 19.8. The smallest absolute Gasteiger partial charge is 0.337 e. The lowest BCUT2D eigenvalue weighted by Crippen LogP contribution is -2.10. The van der Waals surface area contributed by atoms with Crippen LogP contribution in [0.2, 0.25) is 0 Å². The molecule has 7 nitrogen and oxygen atoms in total. The first-order valence-corrected chi connectivity index (χ1v) is 6.77. The number of carbonyl (C=O) groups is 1. The van der Waals surface area contributed by atoms with Crippen LogP contribution in [0, 0.1) is 0 Å². The van der Waals surface area contributed by atoms with Crippen LogP contribution in [0.1, 0.15) is 22.0 Å². The van der Waals surface area contributed by atoms with Crippen molar-refractivity contribution in [2.75, 3.05) is 20.8 Å². The summed E-state index contributed by atoms with van der Waals surface area (Å²) in [7, 11) is 2.76. The average Bonchev–Trinajstić information content (AvgIpc) is 2.60. The first kappa shape index (κ1) is 16.6. The second kappa shape index (κ2) is 7.46. The number of aromatic nitrogens is 1. The van der Waals surface area contributed by atoms with Crippen LogP contribution in [0.15, 0.2) is 36.5 Å². The van der Waals surface area contributed by atoms with Gasteiger partial charge in [-0.05, 0) is 24.3 Å². The number of rotatable bonds is 6. The quantitative estimate of drug-likeness (QED) is 0.782. The van der Waals surface area contributed by atoms with E-state index in [1.807, 2.05) is 0 Å². The minimum atomic E-state index is -0.949. The predicted molar refractivity (Wildman–Crippen MR) is 80.7 cm³/mol. The number of aliphatic hydroxyl groups is 1. The van der Waals surface area contributed by atoms with Crippen LogP contribution in [0.25, 0.3) is 0 Å². The SMILES string of the molecule is COC(=O)c1ccc(O)c(OCC(O)c2ccc(OC)nc2)c1. The summed E-state index contributed by atoms with van der Waals surface area (Å²) in [6, 6.07) is 7.36. The second-order valence-electron chi connectivity index (χ2n) is 4.63. The highest BCUT2D eigenvalue weighted by Gasteiger charge is 2.14. The fraction of sp³-hybridized carbons (Fsp3) is 0.250. The third-order valence-electron chi connectivity index (χ3n) is 3.13. The van der Waals surface area contributed by atoms with Gasteiger partial charge in [-0.25, -0.2) is 9.78 Å². The molecule has 2 rings (SSSR count). The Hall–Kier alpha value is -2.80. The highest BCUT2D eigenvalue weighted by molar-refractivity contribution is 5.90. The van der Waals surface area contributed by atoms with Crippen LogP contribution in [0.3, 0.4) is 0 Å². The van der Waals surface area contributed by atoms with Crippen molar-refractivity contribution in [3.63, 3.8) is 0 Å². The molecule has 0 fully saturated rings. The molecule has 0 saturated heterocycles. The molecule has 1 aromatic heterocycles. The van der Waals surface area contributed by atoms with E-state index < -0.39 is 12.1 Å². The molecule has 0 aliphatic rings. The molecule has 0 aliphatic carbocycles. The molecule has 2 aromatic rings. The second-order valence-corrected chi connectivity index (χ2v) is 4.63. The number of hydrogen-bond donors (Lipinski definition) is 2. The molecule has 0 spiro atoms. The number of aromatic hydroxyl groups is 1. The molecule has 0 amide bonds. The summed E-state index contributed by atoms with van der Waals surface area (Å²) in [4.78, 5) is 15.5. The molecule has 1 atom stereocenters. The van der Waals surface area contributed by atoms with Crippen LogP contribution in [-0.4, -0.2) is 42.0 Å². The van der Waals surface area contributed by atoms with Gasteiger partial charge >= 0.3 is 5.97 Å². The van der Waals surface area contributed by atoms with E-state index in [0.717, 1.165) is 0 Å². The zero-order valence-corrected chi connectivity index (χ0v) is 12.7. The number of ether oxygens (including phenoxy) is 3. The van der Waals surface area contributed by atoms with Crippen molar-refractivity contribution < 1.29 is 29.2 Å². The Kier molecular flexibility index (Phi) is 5.37. The average molecular weight is 319 g/mol. The molecule has 0 bridgehead atoms. The number of hydrogen-bond acceptors (Lipinski definition) is 7. The molecule has 23 heavy (non-hydrogen) atoms. The molecule has 0 radical (unpaired) electrons. The van der Waals surface area contributed by atoms with Crippen molar-refractivity contribution in [1.29, 1.82) is 0 Å². The van der Waals surface area contributed by atoms with Gasteiger partial charge in [0.25, 0.3) is 0 Å². The Morgan fingerprint density at radius 3 is 2.65 bits per heavy atom. The monoisotopic (exact) mass is 319 g/mol. The molecule has 1 aromatic carbocycles. The summed E-state index contributed by atoms with van der Waals surface area (Å²) >= 11 is 0. The van der Waals surface area contributed by atoms with Crippen LogP contribution >= 0.6 is 0 Å². The fourth-order valence-electron chi connectivity index (χ4n) is 1.85. The van der Waals surface area contributed by atoms with E-state index in [2.05, 4.69) is 9.72 Å². The molecular weight excluding hydrogens is 302 g/mol. The molecule has 7 heteroatoms. The van der Waals surface area contributed by atoms with E-state index in [9.17, 15) is 15.0 Å². The van der Waals surface area contributed by atoms with Gasteiger partial charge in [0, 0.05) is 17.8 Å². The highest BCUT2D eigenvalue weighted by Crippen LogP contribution is 2.28. The van der Waals surface area contributed by atoms with Gasteiger partial charge in [-0.2, -0.15) is 0 Å². The zero-order valence-electron chi connectivity index (χ0n) is 12.7. The van der Waals surface area contributed by atoms with Crippen molar-refractivity contribution in [2.24, 2.45) is 0 Å². The largest absolute Gasteiger partial charge is 0.504 e. The van der Waals surface area contributed by atoms with Crippen LogP contribution in [-0.2, 0) is 4.74 Å². The summed E-state index contributed by atoms with van der Waals surface area (Å²) in [5.41, 5.74) is 0.773. The first-order valence-electron chi connectivity index (χ1n) is 6.77. The van der Waals surface area contributed by atoms with Gasteiger partial charge in [0.05, 0.1) is 19.8 Å². The van der Waals surface area contributed by atoms with Crippen molar-refractivity contribution >= 4 is 5.97 Å². The maximum atomic E-state index is 11.5. The van der Waals surface area contributed by atoms with Gasteiger partial charge < -0.3 is 24.4 Å². The maximum Gasteiger partial charge on any atom is 0.337 e. The van der Waals surface area contributed by atoms with Gasteiger partial charge in [0.2, 0.25) is 5.88 Å². The molecule has 2 N–H and O–H groups in total. The number of carbonyl (C=O) groups excluding carboxylic acids is 1. The predicted octanol–water partition coefficient (Wildman–Crippen LogP) is 1.69. The third-order valence-corrected chi connectivity index (χ3v) is 3.13. The van der Waals surface area contributed by atoms with Gasteiger partial charge in [-0.15, -0.1) is 0 Å². The number of nitrogens with zero attached hydrogens (tertiary/aromatic N) is 1. The van der Waals surface area contributed by atoms with Crippen molar-refractivity contribution in [1.82, 2.24) is 4.98 Å². The Morgan fingerprint density at radius 2 is 2.04 bits per heavy atom. The number of methoxy groups -OCH3 is 2. The van der Waals surface area contributed by atoms with Crippen LogP contribution in [0.4, 0.5) is 0 Å². The number of phenolic OH excluding ortho intramolecular Hbond substituents is 1. The van der Waals surface area contributed by atoms with E-state index in [0.29, 0.717) is 11.4 Å². The summed E-state index contributed by atoms with van der Waals surface area (Å²) in [6.07, 6.45) is 0.520. The normalized spacial score (nSPS) is 11.6. The third kappa shape index (κ3) is 4.10. The topological polar surface area (TPSA) is 98.1 Å². The van der Waals surface area contributed by atoms with E-state index in [1.165, 1.54) is 38.6 Å². The Morgan fingerprint density at radius 1 is 1.26 bits per heavy atom. The van der Waals surface area contributed by atoms with E-state index in [-0.39, 0.29) is 23.7 Å². The number of aliphatic hydroxyl groups excluding tert-OH is 1. The van der Waals surface area contributed by atoms with Crippen LogP contribution in [0.5, 0.6) is 17.4 Å². The number of esters is 1. The Labute approximate surface area is 133 Å². The fourth-order valence-corrected chi connectivity index (χ4v) is 1.85. The van der Waals surface area contributed by atoms with Gasteiger partial charge in [0.1, 0.15) is 12.7 Å².